The van der Waals surface area contributed by atoms with Crippen LogP contribution in [0.3, 0.4) is 0 Å². The zero-order chi connectivity index (χ0) is 14.1. The zero-order valence-electron chi connectivity index (χ0n) is 10.6. The molecule has 2 N–H and O–H groups in total. The molecule has 0 saturated carbocycles. The van der Waals surface area contributed by atoms with Gasteiger partial charge in [0.2, 0.25) is 0 Å². The van der Waals surface area contributed by atoms with Crippen molar-refractivity contribution in [2.75, 3.05) is 5.32 Å². The van der Waals surface area contributed by atoms with E-state index in [1.807, 2.05) is 0 Å². The van der Waals surface area contributed by atoms with E-state index in [9.17, 15) is 9.90 Å². The molecule has 4 nitrogen and oxygen atoms in total. The van der Waals surface area contributed by atoms with Crippen molar-refractivity contribution in [1.82, 2.24) is 4.98 Å². The molecule has 3 rings (SSSR count). The Morgan fingerprint density at radius 3 is 2.95 bits per heavy atom. The number of carbonyl (C=O) groups excluding carboxylic acids is 1. The van der Waals surface area contributed by atoms with Gasteiger partial charge in [0.1, 0.15) is 5.75 Å². The SMILES string of the molecule is O=C(Nc1nc2c(s1)CCCC2)c1cc(Br)ccc1O. The molecule has 1 aliphatic carbocycles. The van der Waals surface area contributed by atoms with Crippen LogP contribution in [-0.4, -0.2) is 16.0 Å². The van der Waals surface area contributed by atoms with Crippen molar-refractivity contribution in [3.63, 3.8) is 0 Å². The zero-order valence-corrected chi connectivity index (χ0v) is 13.1. The van der Waals surface area contributed by atoms with Crippen molar-refractivity contribution in [1.29, 1.82) is 0 Å². The lowest BCUT2D eigenvalue weighted by atomic mass is 10.0. The van der Waals surface area contributed by atoms with Crippen LogP contribution in [0.25, 0.3) is 0 Å². The fourth-order valence-corrected chi connectivity index (χ4v) is 3.67. The number of aryl methyl sites for hydroxylation is 2. The van der Waals surface area contributed by atoms with Crippen LogP contribution in [0.15, 0.2) is 22.7 Å². The Kier molecular flexibility index (Phi) is 3.76. The van der Waals surface area contributed by atoms with Gasteiger partial charge in [0.15, 0.2) is 5.13 Å². The molecule has 0 spiro atoms. The molecule has 0 aliphatic heterocycles. The highest BCUT2D eigenvalue weighted by molar-refractivity contribution is 9.10. The van der Waals surface area contributed by atoms with E-state index < -0.39 is 0 Å². The number of anilines is 1. The summed E-state index contributed by atoms with van der Waals surface area (Å²) in [7, 11) is 0. The summed E-state index contributed by atoms with van der Waals surface area (Å²) in [5.41, 5.74) is 1.35. The molecule has 1 amide bonds. The van der Waals surface area contributed by atoms with E-state index in [0.29, 0.717) is 5.13 Å². The van der Waals surface area contributed by atoms with Crippen LogP contribution in [0.5, 0.6) is 5.75 Å². The van der Waals surface area contributed by atoms with Gasteiger partial charge in [-0.3, -0.25) is 10.1 Å². The number of amides is 1. The first-order valence-electron chi connectivity index (χ1n) is 6.42. The smallest absolute Gasteiger partial charge is 0.261 e. The van der Waals surface area contributed by atoms with Crippen LogP contribution in [-0.2, 0) is 12.8 Å². The molecular formula is C14H13BrN2O2S. The Morgan fingerprint density at radius 1 is 1.35 bits per heavy atom. The molecule has 104 valence electrons. The molecule has 2 aromatic rings. The number of fused-ring (bicyclic) bond motifs is 1. The number of aromatic nitrogens is 1. The minimum Gasteiger partial charge on any atom is -0.507 e. The molecule has 0 unspecified atom stereocenters. The van der Waals surface area contributed by atoms with Crippen molar-refractivity contribution < 1.29 is 9.90 Å². The van der Waals surface area contributed by atoms with Crippen molar-refractivity contribution in [3.05, 3.63) is 38.8 Å². The molecule has 0 saturated heterocycles. The lowest BCUT2D eigenvalue weighted by molar-refractivity contribution is 0.102. The van der Waals surface area contributed by atoms with Gasteiger partial charge in [0.25, 0.3) is 5.91 Å². The Balaban J connectivity index is 1.82. The number of nitrogens with one attached hydrogen (secondary N) is 1. The van der Waals surface area contributed by atoms with E-state index in [0.717, 1.165) is 29.4 Å². The van der Waals surface area contributed by atoms with E-state index in [4.69, 9.17) is 0 Å². The highest BCUT2D eigenvalue weighted by Gasteiger charge is 2.18. The second-order valence-corrected chi connectivity index (χ2v) is 6.71. The maximum absolute atomic E-state index is 12.2. The van der Waals surface area contributed by atoms with Gasteiger partial charge < -0.3 is 5.11 Å². The van der Waals surface area contributed by atoms with Crippen LogP contribution in [0.2, 0.25) is 0 Å². The highest BCUT2D eigenvalue weighted by Crippen LogP contribution is 2.30. The molecule has 1 heterocycles. The lowest BCUT2D eigenvalue weighted by Crippen LogP contribution is -2.12. The van der Waals surface area contributed by atoms with Crippen LogP contribution < -0.4 is 5.32 Å². The minimum absolute atomic E-state index is 0.0352. The number of halogens is 1. The average Bonchev–Trinajstić information content (AvgIpc) is 2.83. The van der Waals surface area contributed by atoms with Crippen LogP contribution in [0.4, 0.5) is 5.13 Å². The normalized spacial score (nSPS) is 13.8. The maximum atomic E-state index is 12.2. The summed E-state index contributed by atoms with van der Waals surface area (Å²) < 4.78 is 0.749. The van der Waals surface area contributed by atoms with Gasteiger partial charge in [-0.1, -0.05) is 15.9 Å². The number of hydrogen-bond acceptors (Lipinski definition) is 4. The van der Waals surface area contributed by atoms with Gasteiger partial charge in [-0.25, -0.2) is 4.98 Å². The number of carbonyl (C=O) groups is 1. The summed E-state index contributed by atoms with van der Waals surface area (Å²) in [6.45, 7) is 0. The van der Waals surface area contributed by atoms with Gasteiger partial charge in [-0.15, -0.1) is 11.3 Å². The maximum Gasteiger partial charge on any atom is 0.261 e. The number of nitrogens with zero attached hydrogens (tertiary/aromatic N) is 1. The minimum atomic E-state index is -0.338. The second-order valence-electron chi connectivity index (χ2n) is 4.71. The summed E-state index contributed by atoms with van der Waals surface area (Å²) in [6, 6.07) is 4.78. The quantitative estimate of drug-likeness (QED) is 0.865. The molecule has 20 heavy (non-hydrogen) atoms. The molecule has 0 atom stereocenters. The average molecular weight is 353 g/mol. The molecule has 0 radical (unpaired) electrons. The number of phenols is 1. The topological polar surface area (TPSA) is 62.2 Å². The third-order valence-electron chi connectivity index (χ3n) is 3.27. The highest BCUT2D eigenvalue weighted by atomic mass is 79.9. The van der Waals surface area contributed by atoms with Crippen molar-refractivity contribution in [3.8, 4) is 5.75 Å². The summed E-state index contributed by atoms with van der Waals surface area (Å²) >= 11 is 4.82. The summed E-state index contributed by atoms with van der Waals surface area (Å²) in [5.74, 6) is -0.373. The molecule has 0 bridgehead atoms. The third kappa shape index (κ3) is 2.71. The van der Waals surface area contributed by atoms with Gasteiger partial charge in [-0.05, 0) is 43.9 Å². The van der Waals surface area contributed by atoms with E-state index >= 15 is 0 Å². The molecule has 0 fully saturated rings. The number of hydrogen-bond donors (Lipinski definition) is 2. The monoisotopic (exact) mass is 352 g/mol. The predicted molar refractivity (Wildman–Crippen MR) is 82.5 cm³/mol. The predicted octanol–water partition coefficient (Wildman–Crippen LogP) is 3.74. The lowest BCUT2D eigenvalue weighted by Gasteiger charge is -2.06. The van der Waals surface area contributed by atoms with E-state index in [-0.39, 0.29) is 17.2 Å². The van der Waals surface area contributed by atoms with Gasteiger partial charge >= 0.3 is 0 Å². The van der Waals surface area contributed by atoms with Gasteiger partial charge in [0, 0.05) is 9.35 Å². The summed E-state index contributed by atoms with van der Waals surface area (Å²) in [6.07, 6.45) is 4.39. The van der Waals surface area contributed by atoms with Crippen LogP contribution >= 0.6 is 27.3 Å². The molecular weight excluding hydrogens is 340 g/mol. The number of benzene rings is 1. The van der Waals surface area contributed by atoms with Crippen LogP contribution in [0, 0.1) is 0 Å². The van der Waals surface area contributed by atoms with Crippen molar-refractivity contribution >= 4 is 38.3 Å². The Hall–Kier alpha value is -1.40. The molecule has 1 aromatic carbocycles. The standard InChI is InChI=1S/C14H13BrN2O2S/c15-8-5-6-11(18)9(7-8)13(19)17-14-16-10-3-1-2-4-12(10)20-14/h5-7,18H,1-4H2,(H,16,17,19). The second kappa shape index (κ2) is 5.54. The van der Waals surface area contributed by atoms with Crippen molar-refractivity contribution in [2.45, 2.75) is 25.7 Å². The van der Waals surface area contributed by atoms with E-state index in [1.54, 1.807) is 12.1 Å². The number of phenolic OH excluding ortho intramolecular Hbond substituents is 1. The Labute approximate surface area is 129 Å². The number of rotatable bonds is 2. The fourth-order valence-electron chi connectivity index (χ4n) is 2.26. The van der Waals surface area contributed by atoms with E-state index in [1.165, 1.54) is 28.7 Å². The first kappa shape index (κ1) is 13.6. The largest absolute Gasteiger partial charge is 0.507 e. The van der Waals surface area contributed by atoms with Crippen LogP contribution in [0.1, 0.15) is 33.8 Å². The third-order valence-corrected chi connectivity index (χ3v) is 4.84. The van der Waals surface area contributed by atoms with Crippen molar-refractivity contribution in [2.24, 2.45) is 0 Å². The summed E-state index contributed by atoms with van der Waals surface area (Å²) in [4.78, 5) is 17.9. The fraction of sp³-hybridized carbons (Fsp3) is 0.286. The number of thiazole rings is 1. The number of aromatic hydroxyl groups is 1. The van der Waals surface area contributed by atoms with Gasteiger partial charge in [0.05, 0.1) is 11.3 Å². The molecule has 1 aliphatic rings. The first-order valence-corrected chi connectivity index (χ1v) is 8.03. The molecule has 1 aromatic heterocycles. The van der Waals surface area contributed by atoms with E-state index in [2.05, 4.69) is 26.2 Å². The molecule has 6 heteroatoms. The summed E-state index contributed by atoms with van der Waals surface area (Å²) in [5, 5.41) is 13.1. The van der Waals surface area contributed by atoms with Gasteiger partial charge in [-0.2, -0.15) is 0 Å². The Morgan fingerprint density at radius 2 is 2.15 bits per heavy atom. The Bertz CT molecular complexity index is 646. The first-order chi connectivity index (χ1) is 9.63.